The third-order valence-corrected chi connectivity index (χ3v) is 2.79. The van der Waals surface area contributed by atoms with E-state index in [0.717, 1.165) is 19.3 Å². The average Bonchev–Trinajstić information content (AvgIpc) is 2.99. The van der Waals surface area contributed by atoms with Crippen molar-refractivity contribution in [2.24, 2.45) is 11.8 Å². The monoisotopic (exact) mass is 196 g/mol. The number of hydrogen-bond donors (Lipinski definition) is 0. The smallest absolute Gasteiger partial charge is 0.309 e. The number of esters is 1. The van der Waals surface area contributed by atoms with Crippen LogP contribution < -0.4 is 0 Å². The van der Waals surface area contributed by atoms with Crippen molar-refractivity contribution < 1.29 is 14.3 Å². The fraction of sp³-hybridized carbons (Fsp3) is 0.727. The lowest BCUT2D eigenvalue weighted by Gasteiger charge is -2.25. The number of allylic oxidation sites excluding steroid dienone is 1. The largest absolute Gasteiger partial charge is 0.495 e. The third kappa shape index (κ3) is 2.28. The van der Waals surface area contributed by atoms with E-state index in [0.29, 0.717) is 12.5 Å². The van der Waals surface area contributed by atoms with E-state index in [1.165, 1.54) is 0 Å². The molecule has 0 aromatic rings. The Morgan fingerprint density at radius 1 is 1.57 bits per heavy atom. The molecule has 14 heavy (non-hydrogen) atoms. The fourth-order valence-corrected chi connectivity index (χ4v) is 1.52. The summed E-state index contributed by atoms with van der Waals surface area (Å²) in [5.74, 6) is 0.576. The van der Waals surface area contributed by atoms with Gasteiger partial charge in [-0.15, -0.1) is 0 Å². The minimum atomic E-state index is -0.0460. The van der Waals surface area contributed by atoms with E-state index in [1.807, 2.05) is 6.08 Å². The maximum Gasteiger partial charge on any atom is 0.309 e. The Hall–Kier alpha value is -0.990. The molecule has 2 aliphatic rings. The molecule has 0 spiro atoms. The zero-order valence-electron chi connectivity index (χ0n) is 8.44. The Labute approximate surface area is 84.1 Å². The Bertz CT molecular complexity index is 243. The van der Waals surface area contributed by atoms with Crippen LogP contribution in [0.5, 0.6) is 0 Å². The van der Waals surface area contributed by atoms with Crippen LogP contribution in [0, 0.1) is 11.8 Å². The first-order valence-corrected chi connectivity index (χ1v) is 5.24. The molecule has 3 heteroatoms. The van der Waals surface area contributed by atoms with Crippen molar-refractivity contribution in [2.45, 2.75) is 32.3 Å². The summed E-state index contributed by atoms with van der Waals surface area (Å²) in [4.78, 5) is 11.3. The van der Waals surface area contributed by atoms with E-state index < -0.39 is 0 Å². The molecular formula is C11H16O3. The van der Waals surface area contributed by atoms with Crippen LogP contribution in [0.25, 0.3) is 0 Å². The van der Waals surface area contributed by atoms with Gasteiger partial charge in [-0.1, -0.05) is 6.92 Å². The van der Waals surface area contributed by atoms with Crippen molar-refractivity contribution in [3.8, 4) is 0 Å². The van der Waals surface area contributed by atoms with Gasteiger partial charge in [0.1, 0.15) is 12.7 Å². The van der Waals surface area contributed by atoms with Gasteiger partial charge in [-0.2, -0.15) is 0 Å². The zero-order chi connectivity index (χ0) is 9.97. The molecule has 1 aliphatic heterocycles. The summed E-state index contributed by atoms with van der Waals surface area (Å²) in [6.07, 6.45) is 6.76. The topological polar surface area (TPSA) is 35.5 Å². The molecule has 1 saturated carbocycles. The number of rotatable bonds is 3. The molecule has 0 radical (unpaired) electrons. The molecule has 0 amide bonds. The fourth-order valence-electron chi connectivity index (χ4n) is 1.52. The SMILES string of the molecule is CC1CC=COC1COC(=O)C1CC1. The second-order valence-electron chi connectivity index (χ2n) is 4.16. The minimum absolute atomic E-state index is 0.0442. The second kappa shape index (κ2) is 4.03. The molecule has 3 nitrogen and oxygen atoms in total. The highest BCUT2D eigenvalue weighted by Crippen LogP contribution is 2.30. The normalized spacial score (nSPS) is 30.9. The van der Waals surface area contributed by atoms with Gasteiger partial charge in [-0.25, -0.2) is 0 Å². The molecule has 0 aromatic heterocycles. The Morgan fingerprint density at radius 2 is 2.36 bits per heavy atom. The van der Waals surface area contributed by atoms with E-state index in [4.69, 9.17) is 9.47 Å². The van der Waals surface area contributed by atoms with Crippen molar-refractivity contribution in [2.75, 3.05) is 6.61 Å². The van der Waals surface area contributed by atoms with Gasteiger partial charge in [0.15, 0.2) is 0 Å². The van der Waals surface area contributed by atoms with Gasteiger partial charge in [0.05, 0.1) is 12.2 Å². The molecular weight excluding hydrogens is 180 g/mol. The summed E-state index contributed by atoms with van der Waals surface area (Å²) in [5.41, 5.74) is 0. The Morgan fingerprint density at radius 3 is 3.00 bits per heavy atom. The van der Waals surface area contributed by atoms with Crippen molar-refractivity contribution in [3.05, 3.63) is 12.3 Å². The van der Waals surface area contributed by atoms with E-state index in [-0.39, 0.29) is 18.0 Å². The van der Waals surface area contributed by atoms with Crippen LogP contribution in [0.2, 0.25) is 0 Å². The van der Waals surface area contributed by atoms with E-state index in [9.17, 15) is 4.79 Å². The minimum Gasteiger partial charge on any atom is -0.495 e. The highest BCUT2D eigenvalue weighted by Gasteiger charge is 2.32. The summed E-state index contributed by atoms with van der Waals surface area (Å²) in [6, 6.07) is 0. The molecule has 2 rings (SSSR count). The highest BCUT2D eigenvalue weighted by molar-refractivity contribution is 5.74. The van der Waals surface area contributed by atoms with Crippen LogP contribution in [-0.4, -0.2) is 18.7 Å². The summed E-state index contributed by atoms with van der Waals surface area (Å²) < 4.78 is 10.6. The maximum atomic E-state index is 11.3. The summed E-state index contributed by atoms with van der Waals surface area (Å²) in [6.45, 7) is 2.51. The lowest BCUT2D eigenvalue weighted by atomic mass is 10.00. The van der Waals surface area contributed by atoms with Gasteiger partial charge in [0, 0.05) is 0 Å². The molecule has 78 valence electrons. The summed E-state index contributed by atoms with van der Waals surface area (Å²) in [7, 11) is 0. The van der Waals surface area contributed by atoms with Crippen molar-refractivity contribution in [1.29, 1.82) is 0 Å². The first-order valence-electron chi connectivity index (χ1n) is 5.24. The van der Waals surface area contributed by atoms with Crippen molar-refractivity contribution in [3.63, 3.8) is 0 Å². The zero-order valence-corrected chi connectivity index (χ0v) is 8.44. The van der Waals surface area contributed by atoms with E-state index >= 15 is 0 Å². The molecule has 1 heterocycles. The van der Waals surface area contributed by atoms with E-state index in [2.05, 4.69) is 6.92 Å². The van der Waals surface area contributed by atoms with Crippen LogP contribution >= 0.6 is 0 Å². The Kier molecular flexibility index (Phi) is 2.75. The van der Waals surface area contributed by atoms with Crippen LogP contribution in [0.1, 0.15) is 26.2 Å². The second-order valence-corrected chi connectivity index (χ2v) is 4.16. The van der Waals surface area contributed by atoms with Crippen LogP contribution in [0.4, 0.5) is 0 Å². The lowest BCUT2D eigenvalue weighted by Crippen LogP contribution is -2.29. The highest BCUT2D eigenvalue weighted by atomic mass is 16.6. The number of hydrogen-bond acceptors (Lipinski definition) is 3. The van der Waals surface area contributed by atoms with Crippen molar-refractivity contribution >= 4 is 5.97 Å². The molecule has 1 aliphatic carbocycles. The molecule has 0 bridgehead atoms. The van der Waals surface area contributed by atoms with Gasteiger partial charge in [0.2, 0.25) is 0 Å². The maximum absolute atomic E-state index is 11.3. The van der Waals surface area contributed by atoms with Gasteiger partial charge < -0.3 is 9.47 Å². The van der Waals surface area contributed by atoms with Crippen LogP contribution in [0.15, 0.2) is 12.3 Å². The average molecular weight is 196 g/mol. The molecule has 2 unspecified atom stereocenters. The molecule has 0 N–H and O–H groups in total. The van der Waals surface area contributed by atoms with Gasteiger partial charge >= 0.3 is 5.97 Å². The first kappa shape index (κ1) is 9.56. The quantitative estimate of drug-likeness (QED) is 0.646. The predicted molar refractivity (Wildman–Crippen MR) is 51.5 cm³/mol. The number of ether oxygens (including phenoxy) is 2. The van der Waals surface area contributed by atoms with Crippen LogP contribution in [-0.2, 0) is 14.3 Å². The van der Waals surface area contributed by atoms with Gasteiger partial charge in [0.25, 0.3) is 0 Å². The lowest BCUT2D eigenvalue weighted by molar-refractivity contribution is -0.149. The standard InChI is InChI=1S/C11H16O3/c1-8-3-2-6-13-10(8)7-14-11(12)9-4-5-9/h2,6,8-10H,3-5,7H2,1H3. The molecule has 0 aromatic carbocycles. The van der Waals surface area contributed by atoms with Crippen LogP contribution in [0.3, 0.4) is 0 Å². The third-order valence-electron chi connectivity index (χ3n) is 2.79. The summed E-state index contributed by atoms with van der Waals surface area (Å²) in [5, 5.41) is 0. The predicted octanol–water partition coefficient (Wildman–Crippen LogP) is 1.88. The van der Waals surface area contributed by atoms with Gasteiger partial charge in [-0.3, -0.25) is 4.79 Å². The van der Waals surface area contributed by atoms with Gasteiger partial charge in [-0.05, 0) is 31.3 Å². The van der Waals surface area contributed by atoms with E-state index in [1.54, 1.807) is 6.26 Å². The Balaban J connectivity index is 1.73. The summed E-state index contributed by atoms with van der Waals surface area (Å²) >= 11 is 0. The van der Waals surface area contributed by atoms with Crippen molar-refractivity contribution in [1.82, 2.24) is 0 Å². The molecule has 0 saturated heterocycles. The first-order chi connectivity index (χ1) is 6.77. The number of carbonyl (C=O) groups excluding carboxylic acids is 1. The molecule has 1 fully saturated rings. The number of carbonyl (C=O) groups is 1. The molecule has 2 atom stereocenters.